The van der Waals surface area contributed by atoms with Gasteiger partial charge in [0.15, 0.2) is 5.69 Å². The lowest BCUT2D eigenvalue weighted by Crippen LogP contribution is -2.27. The van der Waals surface area contributed by atoms with Crippen molar-refractivity contribution >= 4 is 34.1 Å². The van der Waals surface area contributed by atoms with Gasteiger partial charge < -0.3 is 5.11 Å². The summed E-state index contributed by atoms with van der Waals surface area (Å²) in [6.07, 6.45) is 4.83. The standard InChI is InChI=1S/C22H23ClN4O2/c23-18-11-5-3-9-16(18)21(28)25-24-20-17-10-4-6-12-19(17)27(22(20)29)15-26-13-7-1-2-8-14-26/h3-6,9-12,29H,1-2,7-8,13-15H2. The molecule has 0 saturated carbocycles. The lowest BCUT2D eigenvalue weighted by Gasteiger charge is -2.21. The minimum absolute atomic E-state index is 0.0196. The normalized spacial score (nSPS) is 15.8. The molecule has 4 rings (SSSR count). The number of aromatic nitrogens is 1. The van der Waals surface area contributed by atoms with E-state index in [0.717, 1.165) is 24.0 Å². The minimum Gasteiger partial charge on any atom is -0.493 e. The third-order valence-corrected chi connectivity index (χ3v) is 5.63. The van der Waals surface area contributed by atoms with Gasteiger partial charge in [0.05, 0.1) is 22.8 Å². The number of hydrogen-bond acceptors (Lipinski definition) is 4. The zero-order valence-electron chi connectivity index (χ0n) is 16.1. The molecule has 0 spiro atoms. The SMILES string of the molecule is O=C(N=Nc1c(O)n(CN2CCCCCC2)c2ccccc12)c1ccccc1Cl. The van der Waals surface area contributed by atoms with E-state index in [2.05, 4.69) is 15.1 Å². The first-order valence-corrected chi connectivity index (χ1v) is 10.3. The molecule has 0 bridgehead atoms. The molecule has 2 aromatic carbocycles. The van der Waals surface area contributed by atoms with E-state index in [0.29, 0.717) is 17.4 Å². The van der Waals surface area contributed by atoms with Gasteiger partial charge in [-0.25, -0.2) is 0 Å². The van der Waals surface area contributed by atoms with Crippen molar-refractivity contribution in [2.24, 2.45) is 10.2 Å². The number of carbonyl (C=O) groups excluding carboxylic acids is 1. The van der Waals surface area contributed by atoms with Crippen molar-refractivity contribution in [2.75, 3.05) is 13.1 Å². The van der Waals surface area contributed by atoms with Crippen molar-refractivity contribution in [2.45, 2.75) is 32.4 Å². The zero-order chi connectivity index (χ0) is 20.2. The van der Waals surface area contributed by atoms with E-state index in [1.165, 1.54) is 25.7 Å². The van der Waals surface area contributed by atoms with Gasteiger partial charge in [-0.15, -0.1) is 10.2 Å². The van der Waals surface area contributed by atoms with Gasteiger partial charge in [0.2, 0.25) is 5.88 Å². The van der Waals surface area contributed by atoms with E-state index in [4.69, 9.17) is 11.6 Å². The number of fused-ring (bicyclic) bond motifs is 1. The highest BCUT2D eigenvalue weighted by molar-refractivity contribution is 6.33. The summed E-state index contributed by atoms with van der Waals surface area (Å²) in [7, 11) is 0. The first kappa shape index (κ1) is 19.6. The second-order valence-corrected chi connectivity index (χ2v) is 7.68. The molecule has 1 N–H and O–H groups in total. The van der Waals surface area contributed by atoms with E-state index in [1.807, 2.05) is 28.8 Å². The van der Waals surface area contributed by atoms with Gasteiger partial charge >= 0.3 is 0 Å². The molecule has 6 nitrogen and oxygen atoms in total. The predicted molar refractivity (Wildman–Crippen MR) is 114 cm³/mol. The van der Waals surface area contributed by atoms with Crippen LogP contribution < -0.4 is 0 Å². The van der Waals surface area contributed by atoms with Crippen molar-refractivity contribution < 1.29 is 9.90 Å². The third-order valence-electron chi connectivity index (χ3n) is 5.30. The summed E-state index contributed by atoms with van der Waals surface area (Å²) in [6.45, 7) is 2.60. The summed E-state index contributed by atoms with van der Waals surface area (Å²) in [6, 6.07) is 14.3. The molecular weight excluding hydrogens is 388 g/mol. The molecule has 1 aliphatic rings. The quantitative estimate of drug-likeness (QED) is 0.556. The van der Waals surface area contributed by atoms with Crippen molar-refractivity contribution in [1.29, 1.82) is 0 Å². The van der Waals surface area contributed by atoms with Crippen molar-refractivity contribution in [3.8, 4) is 5.88 Å². The number of azo groups is 1. The average molecular weight is 411 g/mol. The second-order valence-electron chi connectivity index (χ2n) is 7.28. The summed E-state index contributed by atoms with van der Waals surface area (Å²) in [5.41, 5.74) is 1.45. The van der Waals surface area contributed by atoms with Gasteiger partial charge in [-0.05, 0) is 44.1 Å². The van der Waals surface area contributed by atoms with Crippen LogP contribution in [-0.4, -0.2) is 33.6 Å². The topological polar surface area (TPSA) is 70.2 Å². The summed E-state index contributed by atoms with van der Waals surface area (Å²) in [5.74, 6) is -0.523. The molecular formula is C22H23ClN4O2. The molecule has 7 heteroatoms. The number of para-hydroxylation sites is 1. The monoisotopic (exact) mass is 410 g/mol. The van der Waals surface area contributed by atoms with Crippen LogP contribution in [-0.2, 0) is 6.67 Å². The Morgan fingerprint density at radius 2 is 1.69 bits per heavy atom. The summed E-state index contributed by atoms with van der Waals surface area (Å²) < 4.78 is 1.84. The van der Waals surface area contributed by atoms with Crippen LogP contribution in [0, 0.1) is 0 Å². The molecule has 1 saturated heterocycles. The van der Waals surface area contributed by atoms with Crippen LogP contribution in [0.5, 0.6) is 5.88 Å². The van der Waals surface area contributed by atoms with Crippen molar-refractivity contribution in [3.63, 3.8) is 0 Å². The van der Waals surface area contributed by atoms with Gasteiger partial charge in [0, 0.05) is 5.39 Å². The number of hydrogen-bond donors (Lipinski definition) is 1. The molecule has 1 fully saturated rings. The van der Waals surface area contributed by atoms with Crippen LogP contribution >= 0.6 is 11.6 Å². The maximum atomic E-state index is 12.4. The van der Waals surface area contributed by atoms with E-state index in [-0.39, 0.29) is 11.4 Å². The summed E-state index contributed by atoms with van der Waals surface area (Å²) in [4.78, 5) is 14.7. The largest absolute Gasteiger partial charge is 0.493 e. The number of rotatable bonds is 4. The lowest BCUT2D eigenvalue weighted by atomic mass is 10.2. The fourth-order valence-electron chi connectivity index (χ4n) is 3.77. The van der Waals surface area contributed by atoms with Crippen LogP contribution in [0.2, 0.25) is 5.02 Å². The van der Waals surface area contributed by atoms with E-state index < -0.39 is 5.91 Å². The minimum atomic E-state index is -0.542. The lowest BCUT2D eigenvalue weighted by molar-refractivity contribution is 0.0995. The maximum absolute atomic E-state index is 12.4. The van der Waals surface area contributed by atoms with Crippen LogP contribution in [0.25, 0.3) is 10.9 Å². The number of carbonyl (C=O) groups is 1. The summed E-state index contributed by atoms with van der Waals surface area (Å²) >= 11 is 6.07. The molecule has 1 amide bonds. The zero-order valence-corrected chi connectivity index (χ0v) is 16.8. The first-order chi connectivity index (χ1) is 14.1. The number of amides is 1. The Labute approximate surface area is 174 Å². The van der Waals surface area contributed by atoms with E-state index in [9.17, 15) is 9.90 Å². The Bertz CT molecular complexity index is 1050. The van der Waals surface area contributed by atoms with Gasteiger partial charge in [-0.2, -0.15) is 0 Å². The van der Waals surface area contributed by atoms with E-state index >= 15 is 0 Å². The molecule has 0 radical (unpaired) electrons. The maximum Gasteiger partial charge on any atom is 0.296 e. The second kappa shape index (κ2) is 8.76. The number of halogens is 1. The molecule has 1 aromatic heterocycles. The number of likely N-dealkylation sites (tertiary alicyclic amines) is 1. The van der Waals surface area contributed by atoms with Crippen molar-refractivity contribution in [3.05, 3.63) is 59.1 Å². The Balaban J connectivity index is 1.67. The van der Waals surface area contributed by atoms with Gasteiger partial charge in [0.25, 0.3) is 5.91 Å². The Morgan fingerprint density at radius 3 is 2.45 bits per heavy atom. The molecule has 2 heterocycles. The Hall–Kier alpha value is -2.70. The van der Waals surface area contributed by atoms with Gasteiger partial charge in [-0.3, -0.25) is 14.3 Å². The summed E-state index contributed by atoms with van der Waals surface area (Å²) in [5, 5.41) is 19.9. The first-order valence-electron chi connectivity index (χ1n) is 9.88. The average Bonchev–Trinajstić information content (AvgIpc) is 2.89. The Morgan fingerprint density at radius 1 is 1.00 bits per heavy atom. The van der Waals surface area contributed by atoms with Crippen LogP contribution in [0.15, 0.2) is 58.8 Å². The molecule has 1 aliphatic heterocycles. The molecule has 0 aliphatic carbocycles. The van der Waals surface area contributed by atoms with Gasteiger partial charge in [0.1, 0.15) is 0 Å². The Kier molecular flexibility index (Phi) is 5.92. The third kappa shape index (κ3) is 4.18. The fourth-order valence-corrected chi connectivity index (χ4v) is 3.99. The number of benzene rings is 2. The van der Waals surface area contributed by atoms with Crippen LogP contribution in [0.1, 0.15) is 36.0 Å². The predicted octanol–water partition coefficient (Wildman–Crippen LogP) is 5.76. The smallest absolute Gasteiger partial charge is 0.296 e. The highest BCUT2D eigenvalue weighted by Gasteiger charge is 2.19. The highest BCUT2D eigenvalue weighted by atomic mass is 35.5. The molecule has 29 heavy (non-hydrogen) atoms. The van der Waals surface area contributed by atoms with Crippen LogP contribution in [0.4, 0.5) is 5.69 Å². The molecule has 0 unspecified atom stereocenters. The molecule has 3 aromatic rings. The number of aromatic hydroxyl groups is 1. The van der Waals surface area contributed by atoms with Gasteiger partial charge in [-0.1, -0.05) is 54.8 Å². The highest BCUT2D eigenvalue weighted by Crippen LogP contribution is 2.39. The molecule has 0 atom stereocenters. The molecule has 150 valence electrons. The number of nitrogens with zero attached hydrogens (tertiary/aromatic N) is 4. The van der Waals surface area contributed by atoms with Crippen LogP contribution in [0.3, 0.4) is 0 Å². The van der Waals surface area contributed by atoms with E-state index in [1.54, 1.807) is 24.3 Å². The van der Waals surface area contributed by atoms with Crippen molar-refractivity contribution in [1.82, 2.24) is 9.47 Å². The fraction of sp³-hybridized carbons (Fsp3) is 0.318.